The number of likely N-dealkylation sites (N-methyl/N-ethyl adjacent to an activating group) is 1. The molecule has 150 valence electrons. The molecule has 1 aromatic carbocycles. The minimum absolute atomic E-state index is 0.0224. The Morgan fingerprint density at radius 2 is 1.86 bits per heavy atom. The summed E-state index contributed by atoms with van der Waals surface area (Å²) in [6.45, 7) is 6.51. The van der Waals surface area contributed by atoms with Crippen LogP contribution in [0.25, 0.3) is 10.3 Å². The molecule has 0 radical (unpaired) electrons. The lowest BCUT2D eigenvalue weighted by atomic mass is 10.0. The second-order valence-corrected chi connectivity index (χ2v) is 9.62. The van der Waals surface area contributed by atoms with Gasteiger partial charge < -0.3 is 15.7 Å². The summed E-state index contributed by atoms with van der Waals surface area (Å²) >= 11 is 2.98. The molecule has 3 rings (SSSR count). The number of hydrogen-bond acceptors (Lipinski definition) is 8. The molecule has 2 heterocycles. The Hall–Kier alpha value is -1.90. The van der Waals surface area contributed by atoms with Crippen LogP contribution in [-0.2, 0) is 0 Å². The normalized spacial score (nSPS) is 13.8. The third-order valence-corrected chi connectivity index (χ3v) is 6.51. The maximum absolute atomic E-state index is 9.92. The third-order valence-electron chi connectivity index (χ3n) is 4.62. The molecular formula is C20H27N5OS2. The summed E-state index contributed by atoms with van der Waals surface area (Å²) in [5, 5.41) is 11.3. The van der Waals surface area contributed by atoms with Crippen LogP contribution >= 0.6 is 23.1 Å². The Labute approximate surface area is 174 Å². The lowest BCUT2D eigenvalue weighted by Gasteiger charge is -2.29. The molecule has 3 aromatic rings. The average Bonchev–Trinajstić information content (AvgIpc) is 3.05. The van der Waals surface area contributed by atoms with Crippen molar-refractivity contribution in [1.29, 1.82) is 0 Å². The van der Waals surface area contributed by atoms with Gasteiger partial charge in [-0.3, -0.25) is 0 Å². The van der Waals surface area contributed by atoms with Crippen LogP contribution in [-0.4, -0.2) is 39.8 Å². The molecule has 0 spiro atoms. The van der Waals surface area contributed by atoms with E-state index in [4.69, 9.17) is 10.7 Å². The summed E-state index contributed by atoms with van der Waals surface area (Å²) < 4.78 is 0.860. The second kappa shape index (κ2) is 9.07. The number of nitrogens with two attached hydrogens (primary N) is 1. The van der Waals surface area contributed by atoms with Crippen molar-refractivity contribution in [2.75, 3.05) is 24.3 Å². The van der Waals surface area contributed by atoms with E-state index in [1.807, 2.05) is 30.1 Å². The van der Waals surface area contributed by atoms with Crippen molar-refractivity contribution < 1.29 is 5.11 Å². The molecule has 0 saturated carbocycles. The molecule has 1 unspecified atom stereocenters. The van der Waals surface area contributed by atoms with E-state index in [-0.39, 0.29) is 17.9 Å². The standard InChI is InChI=1S/C20H27N5OS2/c1-12(2)10-15(11-26)25(4)18-16-17(22-19(21)28-16)23-20(24-18)27-13(3)14-8-6-5-7-9-14/h5-9,12-13,15,26H,10-11H2,1-4H3,(H2,21,22,23,24)/t13?,15-/m1/s1. The average molecular weight is 418 g/mol. The fraction of sp³-hybridized carbons (Fsp3) is 0.450. The van der Waals surface area contributed by atoms with E-state index < -0.39 is 0 Å². The molecule has 3 N–H and O–H groups in total. The topological polar surface area (TPSA) is 88.2 Å². The number of benzene rings is 1. The Balaban J connectivity index is 1.97. The SMILES string of the molecule is CC(C)C[C@H](CO)N(C)c1nc(SC(C)c2ccccc2)nc2nc(N)sc12. The predicted molar refractivity (Wildman–Crippen MR) is 119 cm³/mol. The van der Waals surface area contributed by atoms with Gasteiger partial charge >= 0.3 is 0 Å². The molecular weight excluding hydrogens is 390 g/mol. The molecule has 2 aromatic heterocycles. The molecule has 6 nitrogen and oxygen atoms in total. The minimum atomic E-state index is -0.0224. The van der Waals surface area contributed by atoms with Gasteiger partial charge in [0, 0.05) is 12.3 Å². The summed E-state index contributed by atoms with van der Waals surface area (Å²) in [4.78, 5) is 15.9. The van der Waals surface area contributed by atoms with Gasteiger partial charge in [-0.1, -0.05) is 67.3 Å². The molecule has 0 aliphatic rings. The van der Waals surface area contributed by atoms with Crippen LogP contribution in [0.1, 0.15) is 38.0 Å². The first kappa shape index (κ1) is 20.8. The Bertz CT molecular complexity index is 916. The van der Waals surface area contributed by atoms with E-state index in [1.54, 1.807) is 11.8 Å². The number of aliphatic hydroxyl groups excluding tert-OH is 1. The first-order valence-electron chi connectivity index (χ1n) is 9.38. The zero-order valence-electron chi connectivity index (χ0n) is 16.7. The van der Waals surface area contributed by atoms with Gasteiger partial charge in [0.25, 0.3) is 0 Å². The number of nitrogens with zero attached hydrogens (tertiary/aromatic N) is 4. The number of rotatable bonds is 8. The zero-order valence-corrected chi connectivity index (χ0v) is 18.3. The lowest BCUT2D eigenvalue weighted by molar-refractivity contribution is 0.245. The van der Waals surface area contributed by atoms with Crippen molar-refractivity contribution in [1.82, 2.24) is 15.0 Å². The molecule has 0 saturated heterocycles. The summed E-state index contributed by atoms with van der Waals surface area (Å²) in [6, 6.07) is 10.3. The van der Waals surface area contributed by atoms with E-state index in [9.17, 15) is 5.11 Å². The molecule has 0 aliphatic heterocycles. The fourth-order valence-electron chi connectivity index (χ4n) is 3.12. The van der Waals surface area contributed by atoms with Crippen molar-refractivity contribution >= 4 is 44.4 Å². The molecule has 2 atom stereocenters. The molecule has 0 fully saturated rings. The number of thioether (sulfide) groups is 1. The van der Waals surface area contributed by atoms with Gasteiger partial charge in [-0.05, 0) is 24.8 Å². The van der Waals surface area contributed by atoms with Crippen LogP contribution in [0.15, 0.2) is 35.5 Å². The molecule has 8 heteroatoms. The van der Waals surface area contributed by atoms with Crippen LogP contribution in [0.5, 0.6) is 0 Å². The Morgan fingerprint density at radius 1 is 1.14 bits per heavy atom. The number of fused-ring (bicyclic) bond motifs is 1. The maximum Gasteiger partial charge on any atom is 0.192 e. The van der Waals surface area contributed by atoms with Gasteiger partial charge in [0.15, 0.2) is 21.8 Å². The smallest absolute Gasteiger partial charge is 0.192 e. The van der Waals surface area contributed by atoms with Gasteiger partial charge in [-0.2, -0.15) is 0 Å². The number of aromatic nitrogens is 3. The highest BCUT2D eigenvalue weighted by Crippen LogP contribution is 2.37. The van der Waals surface area contributed by atoms with Crippen molar-refractivity contribution in [3.05, 3.63) is 35.9 Å². The highest BCUT2D eigenvalue weighted by molar-refractivity contribution is 7.99. The van der Waals surface area contributed by atoms with Crippen LogP contribution in [0, 0.1) is 5.92 Å². The van der Waals surface area contributed by atoms with E-state index >= 15 is 0 Å². The van der Waals surface area contributed by atoms with Crippen LogP contribution in [0.3, 0.4) is 0 Å². The molecule has 28 heavy (non-hydrogen) atoms. The zero-order chi connectivity index (χ0) is 20.3. The van der Waals surface area contributed by atoms with E-state index in [2.05, 4.69) is 42.9 Å². The largest absolute Gasteiger partial charge is 0.394 e. The van der Waals surface area contributed by atoms with Gasteiger partial charge in [-0.15, -0.1) is 0 Å². The number of hydrogen-bond donors (Lipinski definition) is 2. The van der Waals surface area contributed by atoms with Crippen molar-refractivity contribution in [2.24, 2.45) is 5.92 Å². The molecule has 0 amide bonds. The summed E-state index contributed by atoms with van der Waals surface area (Å²) in [7, 11) is 1.97. The Morgan fingerprint density at radius 3 is 2.50 bits per heavy atom. The monoisotopic (exact) mass is 417 g/mol. The minimum Gasteiger partial charge on any atom is -0.394 e. The summed E-state index contributed by atoms with van der Waals surface area (Å²) in [5.74, 6) is 1.25. The number of anilines is 2. The Kier molecular flexibility index (Phi) is 6.74. The highest BCUT2D eigenvalue weighted by atomic mass is 32.2. The van der Waals surface area contributed by atoms with E-state index in [0.29, 0.717) is 21.9 Å². The first-order valence-corrected chi connectivity index (χ1v) is 11.1. The van der Waals surface area contributed by atoms with E-state index in [1.165, 1.54) is 16.9 Å². The lowest BCUT2D eigenvalue weighted by Crippen LogP contribution is -2.36. The van der Waals surface area contributed by atoms with Gasteiger partial charge in [-0.25, -0.2) is 15.0 Å². The maximum atomic E-state index is 9.92. The van der Waals surface area contributed by atoms with Gasteiger partial charge in [0.2, 0.25) is 0 Å². The quantitative estimate of drug-likeness (QED) is 0.416. The van der Waals surface area contributed by atoms with Crippen LogP contribution < -0.4 is 10.6 Å². The fourth-order valence-corrected chi connectivity index (χ4v) is 4.81. The number of thiazole rings is 1. The molecule has 0 bridgehead atoms. The van der Waals surface area contributed by atoms with Crippen LogP contribution in [0.2, 0.25) is 0 Å². The van der Waals surface area contributed by atoms with Gasteiger partial charge in [0.1, 0.15) is 4.70 Å². The number of aliphatic hydroxyl groups is 1. The highest BCUT2D eigenvalue weighted by Gasteiger charge is 2.23. The molecule has 0 aliphatic carbocycles. The van der Waals surface area contributed by atoms with Crippen molar-refractivity contribution in [2.45, 2.75) is 43.6 Å². The van der Waals surface area contributed by atoms with Crippen molar-refractivity contribution in [3.63, 3.8) is 0 Å². The number of nitrogen functional groups attached to an aromatic ring is 1. The van der Waals surface area contributed by atoms with Crippen molar-refractivity contribution in [3.8, 4) is 0 Å². The summed E-state index contributed by atoms with van der Waals surface area (Å²) in [6.07, 6.45) is 0.871. The second-order valence-electron chi connectivity index (χ2n) is 7.28. The summed E-state index contributed by atoms with van der Waals surface area (Å²) in [5.41, 5.74) is 7.79. The van der Waals surface area contributed by atoms with Crippen LogP contribution in [0.4, 0.5) is 10.9 Å². The van der Waals surface area contributed by atoms with E-state index in [0.717, 1.165) is 16.9 Å². The van der Waals surface area contributed by atoms with Gasteiger partial charge in [0.05, 0.1) is 12.6 Å². The predicted octanol–water partition coefficient (Wildman–Crippen LogP) is 4.37. The third kappa shape index (κ3) is 4.74. The first-order chi connectivity index (χ1) is 13.4.